The van der Waals surface area contributed by atoms with E-state index in [9.17, 15) is 0 Å². The molecule has 0 bridgehead atoms. The molecule has 1 fully saturated rings. The van der Waals surface area contributed by atoms with E-state index in [-0.39, 0.29) is 6.04 Å². The van der Waals surface area contributed by atoms with Crippen LogP contribution in [0.5, 0.6) is 0 Å². The maximum atomic E-state index is 5.89. The van der Waals surface area contributed by atoms with Gasteiger partial charge in [0.25, 0.3) is 0 Å². The zero-order chi connectivity index (χ0) is 10.2. The smallest absolute Gasteiger partial charge is 0.0622 e. The summed E-state index contributed by atoms with van der Waals surface area (Å²) in [5.41, 5.74) is 5.89. The monoisotopic (exact) mass is 201 g/mol. The standard InChI is InChI=1S/C11H23NO2/c1-2-13-8-7-10(12)9-14-11-5-3-4-6-11/h10-11H,2-9,12H2,1H3. The summed E-state index contributed by atoms with van der Waals surface area (Å²) in [7, 11) is 0. The molecule has 0 aliphatic heterocycles. The van der Waals surface area contributed by atoms with Crippen molar-refractivity contribution in [3.05, 3.63) is 0 Å². The fourth-order valence-electron chi connectivity index (χ4n) is 1.78. The summed E-state index contributed by atoms with van der Waals surface area (Å²) in [5, 5.41) is 0. The third-order valence-electron chi connectivity index (χ3n) is 2.69. The predicted octanol–water partition coefficient (Wildman–Crippen LogP) is 1.70. The number of ether oxygens (including phenoxy) is 2. The van der Waals surface area contributed by atoms with Crippen LogP contribution in [0.15, 0.2) is 0 Å². The van der Waals surface area contributed by atoms with Crippen LogP contribution in [0, 0.1) is 0 Å². The van der Waals surface area contributed by atoms with E-state index >= 15 is 0 Å². The van der Waals surface area contributed by atoms with Gasteiger partial charge in [0.1, 0.15) is 0 Å². The molecule has 1 aliphatic carbocycles. The van der Waals surface area contributed by atoms with Crippen molar-refractivity contribution < 1.29 is 9.47 Å². The molecule has 0 radical (unpaired) electrons. The summed E-state index contributed by atoms with van der Waals surface area (Å²) in [6, 6.07) is 0.141. The number of nitrogens with two attached hydrogens (primary N) is 1. The van der Waals surface area contributed by atoms with Crippen LogP contribution >= 0.6 is 0 Å². The lowest BCUT2D eigenvalue weighted by Crippen LogP contribution is -2.29. The van der Waals surface area contributed by atoms with Gasteiger partial charge in [-0.2, -0.15) is 0 Å². The first-order chi connectivity index (χ1) is 6.83. The molecule has 2 N–H and O–H groups in total. The predicted molar refractivity (Wildman–Crippen MR) is 57.3 cm³/mol. The Morgan fingerprint density at radius 3 is 2.71 bits per heavy atom. The lowest BCUT2D eigenvalue weighted by atomic mass is 10.2. The molecule has 0 aromatic rings. The average Bonchev–Trinajstić information content (AvgIpc) is 2.68. The van der Waals surface area contributed by atoms with Gasteiger partial charge in [0.2, 0.25) is 0 Å². The van der Waals surface area contributed by atoms with Crippen molar-refractivity contribution in [3.63, 3.8) is 0 Å². The van der Waals surface area contributed by atoms with Gasteiger partial charge in [0, 0.05) is 19.3 Å². The molecule has 0 heterocycles. The number of hydrogen-bond acceptors (Lipinski definition) is 3. The summed E-state index contributed by atoms with van der Waals surface area (Å²) in [4.78, 5) is 0. The van der Waals surface area contributed by atoms with E-state index in [0.29, 0.717) is 12.7 Å². The van der Waals surface area contributed by atoms with Crippen LogP contribution in [0.3, 0.4) is 0 Å². The minimum atomic E-state index is 0.141. The van der Waals surface area contributed by atoms with Crippen molar-refractivity contribution >= 4 is 0 Å². The normalized spacial score (nSPS) is 20.1. The maximum Gasteiger partial charge on any atom is 0.0622 e. The van der Waals surface area contributed by atoms with Gasteiger partial charge in [-0.05, 0) is 26.2 Å². The van der Waals surface area contributed by atoms with E-state index in [1.54, 1.807) is 0 Å². The van der Waals surface area contributed by atoms with Gasteiger partial charge < -0.3 is 15.2 Å². The van der Waals surface area contributed by atoms with Gasteiger partial charge in [-0.3, -0.25) is 0 Å². The van der Waals surface area contributed by atoms with Crippen molar-refractivity contribution in [2.75, 3.05) is 19.8 Å². The second-order valence-electron chi connectivity index (χ2n) is 3.99. The first-order valence-corrected chi connectivity index (χ1v) is 5.78. The number of rotatable bonds is 7. The van der Waals surface area contributed by atoms with Gasteiger partial charge in [0.05, 0.1) is 12.7 Å². The highest BCUT2D eigenvalue weighted by molar-refractivity contribution is 4.68. The SMILES string of the molecule is CCOCCC(N)COC1CCCC1. The summed E-state index contributed by atoms with van der Waals surface area (Å²) in [6.07, 6.45) is 6.46. The highest BCUT2D eigenvalue weighted by Crippen LogP contribution is 2.20. The Hall–Kier alpha value is -0.120. The zero-order valence-corrected chi connectivity index (χ0v) is 9.21. The number of hydrogen-bond donors (Lipinski definition) is 1. The largest absolute Gasteiger partial charge is 0.382 e. The third-order valence-corrected chi connectivity index (χ3v) is 2.69. The third kappa shape index (κ3) is 4.94. The fraction of sp³-hybridized carbons (Fsp3) is 1.00. The van der Waals surface area contributed by atoms with E-state index < -0.39 is 0 Å². The van der Waals surface area contributed by atoms with Crippen molar-refractivity contribution in [2.45, 2.75) is 51.2 Å². The minimum absolute atomic E-state index is 0.141. The Morgan fingerprint density at radius 2 is 2.07 bits per heavy atom. The molecular weight excluding hydrogens is 178 g/mol. The van der Waals surface area contributed by atoms with Gasteiger partial charge in [-0.1, -0.05) is 12.8 Å². The molecule has 3 heteroatoms. The van der Waals surface area contributed by atoms with E-state index in [4.69, 9.17) is 15.2 Å². The van der Waals surface area contributed by atoms with Crippen LogP contribution in [-0.2, 0) is 9.47 Å². The molecule has 14 heavy (non-hydrogen) atoms. The second-order valence-corrected chi connectivity index (χ2v) is 3.99. The van der Waals surface area contributed by atoms with Crippen molar-refractivity contribution in [3.8, 4) is 0 Å². The van der Waals surface area contributed by atoms with E-state index in [1.165, 1.54) is 25.7 Å². The summed E-state index contributed by atoms with van der Waals surface area (Å²) in [6.45, 7) is 4.22. The van der Waals surface area contributed by atoms with Gasteiger partial charge >= 0.3 is 0 Å². The molecule has 1 aliphatic rings. The highest BCUT2D eigenvalue weighted by Gasteiger charge is 2.16. The molecule has 3 nitrogen and oxygen atoms in total. The molecule has 0 spiro atoms. The minimum Gasteiger partial charge on any atom is -0.382 e. The Morgan fingerprint density at radius 1 is 1.36 bits per heavy atom. The van der Waals surface area contributed by atoms with Crippen LogP contribution in [0.2, 0.25) is 0 Å². The van der Waals surface area contributed by atoms with Crippen LogP contribution < -0.4 is 5.73 Å². The Bertz CT molecular complexity index is 135. The second kappa shape index (κ2) is 7.21. The van der Waals surface area contributed by atoms with Gasteiger partial charge in [0.15, 0.2) is 0 Å². The molecule has 0 aromatic carbocycles. The lowest BCUT2D eigenvalue weighted by molar-refractivity contribution is 0.0411. The molecular formula is C11H23NO2. The maximum absolute atomic E-state index is 5.89. The Labute approximate surface area is 86.9 Å². The van der Waals surface area contributed by atoms with Crippen LogP contribution in [0.1, 0.15) is 39.0 Å². The summed E-state index contributed by atoms with van der Waals surface area (Å²) >= 11 is 0. The fourth-order valence-corrected chi connectivity index (χ4v) is 1.78. The molecule has 1 saturated carbocycles. The summed E-state index contributed by atoms with van der Waals surface area (Å²) in [5.74, 6) is 0. The summed E-state index contributed by atoms with van der Waals surface area (Å²) < 4.78 is 11.0. The molecule has 0 saturated heterocycles. The van der Waals surface area contributed by atoms with Crippen LogP contribution in [0.25, 0.3) is 0 Å². The molecule has 1 rings (SSSR count). The quantitative estimate of drug-likeness (QED) is 0.638. The highest BCUT2D eigenvalue weighted by atomic mass is 16.5. The van der Waals surface area contributed by atoms with Crippen molar-refractivity contribution in [1.82, 2.24) is 0 Å². The topological polar surface area (TPSA) is 44.5 Å². The van der Waals surface area contributed by atoms with Crippen LogP contribution in [-0.4, -0.2) is 32.0 Å². The first kappa shape index (κ1) is 12.0. The average molecular weight is 201 g/mol. The molecule has 0 aromatic heterocycles. The van der Waals surface area contributed by atoms with E-state index in [0.717, 1.165) is 19.6 Å². The zero-order valence-electron chi connectivity index (χ0n) is 9.21. The molecule has 0 amide bonds. The van der Waals surface area contributed by atoms with Gasteiger partial charge in [-0.25, -0.2) is 0 Å². The van der Waals surface area contributed by atoms with Crippen LogP contribution in [0.4, 0.5) is 0 Å². The molecule has 1 atom stereocenters. The Kier molecular flexibility index (Phi) is 6.15. The molecule has 84 valence electrons. The lowest BCUT2D eigenvalue weighted by Gasteiger charge is -2.15. The van der Waals surface area contributed by atoms with E-state index in [2.05, 4.69) is 0 Å². The molecule has 1 unspecified atom stereocenters. The van der Waals surface area contributed by atoms with Crippen molar-refractivity contribution in [1.29, 1.82) is 0 Å². The van der Waals surface area contributed by atoms with Crippen molar-refractivity contribution in [2.24, 2.45) is 5.73 Å². The van der Waals surface area contributed by atoms with Gasteiger partial charge in [-0.15, -0.1) is 0 Å². The van der Waals surface area contributed by atoms with E-state index in [1.807, 2.05) is 6.92 Å². The first-order valence-electron chi connectivity index (χ1n) is 5.78. The Balaban J connectivity index is 1.93.